The van der Waals surface area contributed by atoms with E-state index in [1.54, 1.807) is 0 Å². The van der Waals surface area contributed by atoms with Crippen molar-refractivity contribution in [1.29, 1.82) is 0 Å². The van der Waals surface area contributed by atoms with E-state index in [0.29, 0.717) is 13.2 Å². The first-order valence-corrected chi connectivity index (χ1v) is 11.7. The van der Waals surface area contributed by atoms with Gasteiger partial charge in [-0.25, -0.2) is 18.6 Å². The van der Waals surface area contributed by atoms with E-state index in [2.05, 4.69) is 90.8 Å². The summed E-state index contributed by atoms with van der Waals surface area (Å²) in [7, 11) is -4.94. The van der Waals surface area contributed by atoms with Gasteiger partial charge in [0.15, 0.2) is 23.7 Å². The second-order valence-corrected chi connectivity index (χ2v) is 9.45. The zero-order valence-corrected chi connectivity index (χ0v) is 19.6. The van der Waals surface area contributed by atoms with Crippen LogP contribution in [0.4, 0.5) is 0 Å². The summed E-state index contributed by atoms with van der Waals surface area (Å²) in [6.45, 7) is 9.93. The minimum absolute atomic E-state index is 0.0427. The highest BCUT2D eigenvalue weighted by molar-refractivity contribution is 9.10. The van der Waals surface area contributed by atoms with Crippen LogP contribution in [-0.4, -0.2) is 19.0 Å². The fourth-order valence-corrected chi connectivity index (χ4v) is 5.39. The predicted octanol–water partition coefficient (Wildman–Crippen LogP) is -0.176. The van der Waals surface area contributed by atoms with Crippen molar-refractivity contribution in [2.75, 3.05) is 13.2 Å². The molecule has 0 N–H and O–H groups in total. The lowest BCUT2D eigenvalue weighted by molar-refractivity contribution is -2.00. The van der Waals surface area contributed by atoms with Crippen LogP contribution < -0.4 is 23.2 Å². The molecule has 3 heterocycles. The van der Waals surface area contributed by atoms with Gasteiger partial charge < -0.3 is 9.47 Å². The van der Waals surface area contributed by atoms with Gasteiger partial charge in [0, 0.05) is 35.4 Å². The third kappa shape index (κ3) is 3.91. The number of nitrogens with zero attached hydrogens (tertiary/aromatic N) is 1. The second-order valence-electron chi connectivity index (χ2n) is 7.77. The Morgan fingerprint density at radius 3 is 2.17 bits per heavy atom. The maximum atomic E-state index is 8.49. The van der Waals surface area contributed by atoms with Gasteiger partial charge in [0.2, 0.25) is 0 Å². The van der Waals surface area contributed by atoms with E-state index in [1.807, 2.05) is 0 Å². The lowest BCUT2D eigenvalue weighted by atomic mass is 9.57. The van der Waals surface area contributed by atoms with E-state index in [0.717, 1.165) is 4.47 Å². The molecule has 164 valence electrons. The summed E-state index contributed by atoms with van der Waals surface area (Å²) in [5.41, 5.74) is 3.74. The Balaban J connectivity index is 0.000000461. The maximum Gasteiger partial charge on any atom is 0.196 e. The summed E-state index contributed by atoms with van der Waals surface area (Å²) in [6.07, 6.45) is 2.20. The van der Waals surface area contributed by atoms with Crippen molar-refractivity contribution in [3.8, 4) is 0 Å². The quantitative estimate of drug-likeness (QED) is 0.423. The number of benzene rings is 1. The molecular formula is C21H25BrClNO6. The molecule has 2 aliphatic heterocycles. The molecule has 0 saturated carbocycles. The van der Waals surface area contributed by atoms with Crippen LogP contribution in [0.15, 0.2) is 47.1 Å². The van der Waals surface area contributed by atoms with Crippen LogP contribution in [-0.2, 0) is 9.47 Å². The van der Waals surface area contributed by atoms with E-state index in [1.165, 1.54) is 16.8 Å². The van der Waals surface area contributed by atoms with E-state index in [4.69, 9.17) is 28.1 Å². The van der Waals surface area contributed by atoms with Gasteiger partial charge in [0.1, 0.15) is 5.92 Å². The molecule has 1 aromatic heterocycles. The van der Waals surface area contributed by atoms with E-state index in [9.17, 15) is 0 Å². The topological polar surface area (TPSA) is 115 Å². The Bertz CT molecular complexity index is 905. The fraction of sp³-hybridized carbons (Fsp3) is 0.476. The molecule has 3 aliphatic rings. The van der Waals surface area contributed by atoms with Crippen LogP contribution in [0.3, 0.4) is 0 Å². The second kappa shape index (κ2) is 8.44. The summed E-state index contributed by atoms with van der Waals surface area (Å²) < 4.78 is 50.4. The fourth-order valence-electron chi connectivity index (χ4n) is 5.01. The highest BCUT2D eigenvalue weighted by Crippen LogP contribution is 2.62. The molecule has 1 aromatic carbocycles. The van der Waals surface area contributed by atoms with Gasteiger partial charge in [-0.3, -0.25) is 0 Å². The van der Waals surface area contributed by atoms with Gasteiger partial charge >= 0.3 is 0 Å². The van der Waals surface area contributed by atoms with Crippen LogP contribution in [0.2, 0.25) is 0 Å². The first-order chi connectivity index (χ1) is 14.0. The smallest absolute Gasteiger partial charge is 0.196 e. The molecule has 2 atom stereocenters. The normalized spacial score (nSPS) is 22.6. The third-order valence-corrected chi connectivity index (χ3v) is 6.32. The van der Waals surface area contributed by atoms with E-state index in [-0.39, 0.29) is 17.4 Å². The third-order valence-electron chi connectivity index (χ3n) is 5.83. The number of fused-ring (bicyclic) bond motifs is 1. The zero-order chi connectivity index (χ0) is 22.3. The minimum atomic E-state index is -4.94. The van der Waals surface area contributed by atoms with E-state index >= 15 is 0 Å². The minimum Gasteiger partial charge on any atom is -0.348 e. The number of hydrogen-bond acceptors (Lipinski definition) is 6. The molecule has 5 rings (SSSR count). The van der Waals surface area contributed by atoms with Gasteiger partial charge in [0.25, 0.3) is 0 Å². The average molecular weight is 503 g/mol. The number of hydrogen-bond donors (Lipinski definition) is 0. The molecular weight excluding hydrogens is 478 g/mol. The molecule has 7 nitrogen and oxygen atoms in total. The first kappa shape index (κ1) is 23.6. The summed E-state index contributed by atoms with van der Waals surface area (Å²) >= 11 is 3.66. The van der Waals surface area contributed by atoms with Crippen molar-refractivity contribution in [3.05, 3.63) is 63.9 Å². The molecule has 9 heteroatoms. The number of halogens is 2. The highest BCUT2D eigenvalue weighted by Gasteiger charge is 2.70. The Labute approximate surface area is 186 Å². The van der Waals surface area contributed by atoms with Crippen molar-refractivity contribution in [2.45, 2.75) is 45.4 Å². The molecule has 1 aliphatic carbocycles. The lowest BCUT2D eigenvalue weighted by Crippen LogP contribution is -2.71. The van der Waals surface area contributed by atoms with Crippen molar-refractivity contribution >= 4 is 15.9 Å². The molecule has 30 heavy (non-hydrogen) atoms. The van der Waals surface area contributed by atoms with Crippen LogP contribution >= 0.6 is 15.9 Å². The van der Waals surface area contributed by atoms with Crippen molar-refractivity contribution in [1.82, 2.24) is 0 Å². The Morgan fingerprint density at radius 2 is 1.60 bits per heavy atom. The monoisotopic (exact) mass is 501 g/mol. The van der Waals surface area contributed by atoms with Gasteiger partial charge in [-0.2, -0.15) is 4.57 Å². The molecule has 0 unspecified atom stereocenters. The summed E-state index contributed by atoms with van der Waals surface area (Å²) in [5.74, 6) is -0.628. The van der Waals surface area contributed by atoms with Gasteiger partial charge in [-0.05, 0) is 45.4 Å². The largest absolute Gasteiger partial charge is 0.348 e. The Hall–Kier alpha value is -1.10. The standard InChI is InChI=1S/C21H25BrNO2.ClHO4/c1-5-24-21(25-6-2)18-16-13-14(22)10-11-15(16)19(20(21,3)4)23-12-8-7-9-17(18)23;2-1(3,4)5/h7-13,18-19H,5-6H2,1-4H3;(H,2,3,4,5)/q+1;/p-1/t18-,19-;/m0./s1. The molecule has 2 bridgehead atoms. The molecule has 0 spiro atoms. The van der Waals surface area contributed by atoms with Crippen LogP contribution in [0.5, 0.6) is 0 Å². The number of ether oxygens (including phenoxy) is 2. The number of rotatable bonds is 4. The highest BCUT2D eigenvalue weighted by atomic mass is 79.9. The predicted molar refractivity (Wildman–Crippen MR) is 101 cm³/mol. The molecule has 2 aromatic rings. The number of aromatic nitrogens is 1. The first-order valence-electron chi connectivity index (χ1n) is 9.67. The van der Waals surface area contributed by atoms with Crippen molar-refractivity contribution in [2.24, 2.45) is 5.41 Å². The summed E-state index contributed by atoms with van der Waals surface area (Å²) in [5, 5.41) is 0. The van der Waals surface area contributed by atoms with Gasteiger partial charge in [0.05, 0.1) is 5.41 Å². The SMILES string of the molecule is CCOC1(OCC)[C@H]2c3cc(Br)ccc3[C@H]([n+]3ccccc32)C1(C)C.[O-][Cl+3]([O-])([O-])[O-]. The Kier molecular flexibility index (Phi) is 6.63. The summed E-state index contributed by atoms with van der Waals surface area (Å²) in [4.78, 5) is 0. The van der Waals surface area contributed by atoms with E-state index < -0.39 is 16.0 Å². The van der Waals surface area contributed by atoms with Gasteiger partial charge in [-0.15, -0.1) is 10.2 Å². The summed E-state index contributed by atoms with van der Waals surface area (Å²) in [6, 6.07) is 13.2. The van der Waals surface area contributed by atoms with Crippen LogP contribution in [0.25, 0.3) is 0 Å². The lowest BCUT2D eigenvalue weighted by Gasteiger charge is -2.57. The number of pyridine rings is 1. The average Bonchev–Trinajstić information content (AvgIpc) is 2.63. The molecule has 0 amide bonds. The van der Waals surface area contributed by atoms with Crippen LogP contribution in [0.1, 0.15) is 56.5 Å². The van der Waals surface area contributed by atoms with Crippen molar-refractivity contribution in [3.63, 3.8) is 0 Å². The van der Waals surface area contributed by atoms with Crippen molar-refractivity contribution < 1.29 is 42.9 Å². The molecule has 0 radical (unpaired) electrons. The molecule has 0 saturated heterocycles. The van der Waals surface area contributed by atoms with Crippen LogP contribution in [0, 0.1) is 15.7 Å². The zero-order valence-electron chi connectivity index (χ0n) is 17.3. The van der Waals surface area contributed by atoms with Gasteiger partial charge in [-0.1, -0.05) is 28.1 Å². The maximum absolute atomic E-state index is 8.49. The molecule has 0 fully saturated rings. The Morgan fingerprint density at radius 1 is 1.00 bits per heavy atom.